The van der Waals surface area contributed by atoms with Crippen LogP contribution in [0.15, 0.2) is 77.4 Å². The predicted octanol–water partition coefficient (Wildman–Crippen LogP) is 5.11. The first-order valence-electron chi connectivity index (χ1n) is 10.0. The zero-order chi connectivity index (χ0) is 24.0. The van der Waals surface area contributed by atoms with E-state index >= 15 is 0 Å². The van der Waals surface area contributed by atoms with Crippen molar-refractivity contribution >= 4 is 6.16 Å². The molecule has 1 N–H and O–H groups in total. The second-order valence-electron chi connectivity index (χ2n) is 7.17. The number of carbonyl (C=O) groups excluding carboxylic acids is 1. The van der Waals surface area contributed by atoms with Crippen LogP contribution >= 0.6 is 0 Å². The van der Waals surface area contributed by atoms with Crippen LogP contribution < -0.4 is 10.1 Å². The summed E-state index contributed by atoms with van der Waals surface area (Å²) < 4.78 is 41.0. The van der Waals surface area contributed by atoms with Crippen LogP contribution in [-0.4, -0.2) is 24.3 Å². The van der Waals surface area contributed by atoms with Crippen LogP contribution in [0.3, 0.4) is 0 Å². The van der Waals surface area contributed by atoms with Crippen molar-refractivity contribution in [3.8, 4) is 5.75 Å². The molecule has 0 saturated carbocycles. The lowest BCUT2D eigenvalue weighted by molar-refractivity contribution is -0.431. The number of alkyl halides is 2. The number of para-hydroxylation sites is 1. The van der Waals surface area contributed by atoms with E-state index in [9.17, 15) is 23.7 Å². The summed E-state index contributed by atoms with van der Waals surface area (Å²) in [6.07, 6.45) is -0.624. The lowest BCUT2D eigenvalue weighted by Crippen LogP contribution is -2.30. The van der Waals surface area contributed by atoms with Crippen LogP contribution in [0.25, 0.3) is 0 Å². The van der Waals surface area contributed by atoms with Gasteiger partial charge in [0.05, 0.1) is 22.9 Å². The molecule has 33 heavy (non-hydrogen) atoms. The number of rotatable bonds is 8. The van der Waals surface area contributed by atoms with E-state index in [0.29, 0.717) is 12.1 Å². The Morgan fingerprint density at radius 3 is 2.42 bits per heavy atom. The van der Waals surface area contributed by atoms with Gasteiger partial charge in [-0.25, -0.2) is 4.79 Å². The number of allylic oxidation sites excluding steroid dienone is 2. The second-order valence-corrected chi connectivity index (χ2v) is 7.17. The zero-order valence-corrected chi connectivity index (χ0v) is 17.9. The van der Waals surface area contributed by atoms with Crippen LogP contribution in [0.5, 0.6) is 5.75 Å². The number of hydrogen-bond acceptors (Lipinski definition) is 7. The Balaban J connectivity index is 1.88. The number of halogens is 2. The first kappa shape index (κ1) is 23.7. The Bertz CT molecular complexity index is 1090. The van der Waals surface area contributed by atoms with E-state index in [0.717, 1.165) is 5.56 Å². The van der Waals surface area contributed by atoms with Crippen molar-refractivity contribution in [2.24, 2.45) is 0 Å². The van der Waals surface area contributed by atoms with Gasteiger partial charge in [-0.2, -0.15) is 8.78 Å². The number of ether oxygens (including phenoxy) is 3. The molecule has 1 unspecified atom stereocenters. The number of dihydropyridines is 1. The fourth-order valence-corrected chi connectivity index (χ4v) is 3.57. The third-order valence-corrected chi connectivity index (χ3v) is 4.95. The molecule has 2 aromatic carbocycles. The first-order valence-corrected chi connectivity index (χ1v) is 10.0. The van der Waals surface area contributed by atoms with Crippen molar-refractivity contribution in [3.05, 3.63) is 98.7 Å². The maximum absolute atomic E-state index is 13.0. The van der Waals surface area contributed by atoms with Crippen molar-refractivity contribution in [2.75, 3.05) is 6.61 Å². The zero-order valence-electron chi connectivity index (χ0n) is 17.9. The molecule has 1 aliphatic rings. The van der Waals surface area contributed by atoms with Gasteiger partial charge in [0.1, 0.15) is 17.4 Å². The van der Waals surface area contributed by atoms with Crippen LogP contribution in [0, 0.1) is 10.1 Å². The largest absolute Gasteiger partial charge is 0.513 e. The highest BCUT2D eigenvalue weighted by molar-refractivity contribution is 5.63. The molecular formula is C23H22F2N2O6. The summed E-state index contributed by atoms with van der Waals surface area (Å²) in [6.45, 7) is -0.0966. The minimum Gasteiger partial charge on any atom is -0.435 e. The van der Waals surface area contributed by atoms with Gasteiger partial charge in [0, 0.05) is 12.0 Å². The molecule has 0 bridgehead atoms. The van der Waals surface area contributed by atoms with Crippen molar-refractivity contribution in [3.63, 3.8) is 0 Å². The maximum atomic E-state index is 13.0. The highest BCUT2D eigenvalue weighted by atomic mass is 19.3. The van der Waals surface area contributed by atoms with Gasteiger partial charge in [0.15, 0.2) is 0 Å². The van der Waals surface area contributed by atoms with Gasteiger partial charge in [-0.1, -0.05) is 48.5 Å². The number of nitrogens with zero attached hydrogens (tertiary/aromatic N) is 1. The number of nitro groups is 1. The molecule has 1 heterocycles. The van der Waals surface area contributed by atoms with Crippen LogP contribution in [0.2, 0.25) is 0 Å². The van der Waals surface area contributed by atoms with E-state index in [2.05, 4.69) is 10.1 Å². The molecule has 3 rings (SSSR count). The second kappa shape index (κ2) is 10.6. The molecule has 10 heteroatoms. The smallest absolute Gasteiger partial charge is 0.435 e. The van der Waals surface area contributed by atoms with Gasteiger partial charge in [-0.3, -0.25) is 10.1 Å². The fourth-order valence-electron chi connectivity index (χ4n) is 3.57. The van der Waals surface area contributed by atoms with Crippen molar-refractivity contribution < 1.29 is 32.7 Å². The van der Waals surface area contributed by atoms with Gasteiger partial charge in [0.25, 0.3) is 5.70 Å². The molecule has 2 aromatic rings. The topological polar surface area (TPSA) is 99.9 Å². The molecule has 1 aliphatic heterocycles. The monoisotopic (exact) mass is 460 g/mol. The van der Waals surface area contributed by atoms with Crippen molar-refractivity contribution in [1.82, 2.24) is 5.32 Å². The summed E-state index contributed by atoms with van der Waals surface area (Å²) in [5.41, 5.74) is 1.12. The Kier molecular flexibility index (Phi) is 7.60. The lowest BCUT2D eigenvalue weighted by Gasteiger charge is -2.27. The quantitative estimate of drug-likeness (QED) is 0.332. The molecule has 0 amide bonds. The van der Waals surface area contributed by atoms with Crippen LogP contribution in [-0.2, 0) is 15.9 Å². The van der Waals surface area contributed by atoms with E-state index in [1.165, 1.54) is 31.2 Å². The number of nitrogens with one attached hydrogen (secondary N) is 1. The van der Waals surface area contributed by atoms with Crippen molar-refractivity contribution in [1.29, 1.82) is 0 Å². The highest BCUT2D eigenvalue weighted by Crippen LogP contribution is 2.42. The van der Waals surface area contributed by atoms with E-state index in [4.69, 9.17) is 9.47 Å². The molecular weight excluding hydrogens is 438 g/mol. The molecule has 0 saturated heterocycles. The fraction of sp³-hybridized carbons (Fsp3) is 0.261. The molecule has 174 valence electrons. The summed E-state index contributed by atoms with van der Waals surface area (Å²) in [5, 5.41) is 14.7. The third-order valence-electron chi connectivity index (χ3n) is 4.95. The Morgan fingerprint density at radius 1 is 1.09 bits per heavy atom. The molecule has 1 atom stereocenters. The standard InChI is InChI=1S/C23H22F2N2O6/c1-14-20(27(29)30)19(17-10-6-7-11-18(17)32-22(24)25)21(15(2)26-14)33-23(28)31-13-12-16-8-4-3-5-9-16/h3-11,19,22,26H,12-13H2,1-2H3. The molecule has 0 fully saturated rings. The minimum atomic E-state index is -3.14. The Labute approximate surface area is 188 Å². The highest BCUT2D eigenvalue weighted by Gasteiger charge is 2.41. The van der Waals surface area contributed by atoms with Gasteiger partial charge in [-0.05, 0) is 25.5 Å². The molecule has 0 radical (unpaired) electrons. The average molecular weight is 460 g/mol. The lowest BCUT2D eigenvalue weighted by atomic mass is 9.89. The number of hydrogen-bond donors (Lipinski definition) is 1. The van der Waals surface area contributed by atoms with Gasteiger partial charge >= 0.3 is 12.8 Å². The normalized spacial score (nSPS) is 15.8. The van der Waals surface area contributed by atoms with Crippen LogP contribution in [0.4, 0.5) is 13.6 Å². The first-order chi connectivity index (χ1) is 15.8. The van der Waals surface area contributed by atoms with E-state index in [-0.39, 0.29) is 35.1 Å². The van der Waals surface area contributed by atoms with E-state index in [1.807, 2.05) is 30.3 Å². The molecule has 8 nitrogen and oxygen atoms in total. The Morgan fingerprint density at radius 2 is 1.76 bits per heavy atom. The summed E-state index contributed by atoms with van der Waals surface area (Å²) in [4.78, 5) is 23.6. The summed E-state index contributed by atoms with van der Waals surface area (Å²) in [7, 11) is 0. The SMILES string of the molecule is CC1=C(OC(=O)OCCc2ccccc2)C(c2ccccc2OC(F)F)C([N+](=O)[O-])=C(C)N1. The van der Waals surface area contributed by atoms with E-state index < -0.39 is 23.6 Å². The minimum absolute atomic E-state index is 0.0231. The van der Waals surface area contributed by atoms with Gasteiger partial charge in [0.2, 0.25) is 0 Å². The average Bonchev–Trinajstić information content (AvgIpc) is 2.76. The van der Waals surface area contributed by atoms with Crippen molar-refractivity contribution in [2.45, 2.75) is 32.8 Å². The molecule has 0 aromatic heterocycles. The summed E-state index contributed by atoms with van der Waals surface area (Å²) >= 11 is 0. The van der Waals surface area contributed by atoms with Crippen LogP contribution in [0.1, 0.15) is 30.9 Å². The molecule has 0 spiro atoms. The molecule has 0 aliphatic carbocycles. The number of carbonyl (C=O) groups is 1. The predicted molar refractivity (Wildman–Crippen MR) is 114 cm³/mol. The third kappa shape index (κ3) is 5.85. The Hall–Kier alpha value is -3.95. The van der Waals surface area contributed by atoms with E-state index in [1.54, 1.807) is 6.92 Å². The maximum Gasteiger partial charge on any atom is 0.513 e. The van der Waals surface area contributed by atoms with Gasteiger partial charge in [-0.15, -0.1) is 0 Å². The number of benzene rings is 2. The van der Waals surface area contributed by atoms with Gasteiger partial charge < -0.3 is 19.5 Å². The summed E-state index contributed by atoms with van der Waals surface area (Å²) in [5.74, 6) is -1.68. The summed E-state index contributed by atoms with van der Waals surface area (Å²) in [6, 6.07) is 15.0.